The van der Waals surface area contributed by atoms with Crippen molar-refractivity contribution in [2.24, 2.45) is 5.73 Å². The second-order valence-corrected chi connectivity index (χ2v) is 2.67. The van der Waals surface area contributed by atoms with Crippen LogP contribution in [0.4, 0.5) is 13.2 Å². The zero-order valence-electron chi connectivity index (χ0n) is 6.73. The van der Waals surface area contributed by atoms with Gasteiger partial charge in [0.25, 0.3) is 0 Å². The topological polar surface area (TPSA) is 52.3 Å². The minimum absolute atomic E-state index is 0.740. The summed E-state index contributed by atoms with van der Waals surface area (Å²) in [6.07, 6.45) is -5.46. The quantitative estimate of drug-likeness (QED) is 0.648. The first kappa shape index (κ1) is 11.2. The normalized spacial score (nSPS) is 16.8. The van der Waals surface area contributed by atoms with Crippen LogP contribution in [0.15, 0.2) is 0 Å². The molecule has 0 aromatic heterocycles. The number of hydrogen-bond acceptors (Lipinski definition) is 3. The molecule has 0 bridgehead atoms. The largest absolute Gasteiger partial charge is 0.469 e. The minimum Gasteiger partial charge on any atom is -0.469 e. The maximum atomic E-state index is 12.0. The molecule has 3 nitrogen and oxygen atoms in total. The first-order valence-electron chi connectivity index (χ1n) is 3.13. The van der Waals surface area contributed by atoms with E-state index in [1.807, 2.05) is 0 Å². The molecule has 0 heterocycles. The Morgan fingerprint density at radius 1 is 1.50 bits per heavy atom. The van der Waals surface area contributed by atoms with Gasteiger partial charge in [0.2, 0.25) is 0 Å². The molecule has 0 fully saturated rings. The average Bonchev–Trinajstić information content (AvgIpc) is 1.84. The highest BCUT2D eigenvalue weighted by Crippen LogP contribution is 2.30. The van der Waals surface area contributed by atoms with Crippen molar-refractivity contribution in [1.29, 1.82) is 0 Å². The summed E-state index contributed by atoms with van der Waals surface area (Å²) in [5.74, 6) is -0.975. The summed E-state index contributed by atoms with van der Waals surface area (Å²) in [4.78, 5) is 10.5. The number of rotatable bonds is 2. The maximum Gasteiger partial charge on any atom is 0.406 e. The molecule has 0 unspecified atom stereocenters. The summed E-state index contributed by atoms with van der Waals surface area (Å²) in [6, 6.07) is 0. The summed E-state index contributed by atoms with van der Waals surface area (Å²) in [7, 11) is 1.01. The van der Waals surface area contributed by atoms with Crippen LogP contribution in [0.5, 0.6) is 0 Å². The monoisotopic (exact) mass is 185 g/mol. The predicted molar refractivity (Wildman–Crippen MR) is 35.3 cm³/mol. The molecule has 0 spiro atoms. The lowest BCUT2D eigenvalue weighted by molar-refractivity contribution is -0.188. The zero-order valence-corrected chi connectivity index (χ0v) is 6.73. The molecule has 0 aliphatic carbocycles. The Morgan fingerprint density at radius 3 is 2.17 bits per heavy atom. The number of methoxy groups -OCH3 is 1. The highest BCUT2D eigenvalue weighted by molar-refractivity contribution is 5.70. The minimum atomic E-state index is -4.60. The van der Waals surface area contributed by atoms with Crippen LogP contribution < -0.4 is 5.73 Å². The molecular weight excluding hydrogens is 175 g/mol. The fourth-order valence-electron chi connectivity index (χ4n) is 0.472. The second kappa shape index (κ2) is 3.30. The Kier molecular flexibility index (Phi) is 3.09. The Bertz CT molecular complexity index is 176. The SMILES string of the molecule is COC(=O)C[C@](C)(N)C(F)(F)F. The molecule has 0 aliphatic rings. The van der Waals surface area contributed by atoms with Gasteiger partial charge in [0.05, 0.1) is 13.5 Å². The molecule has 6 heteroatoms. The van der Waals surface area contributed by atoms with Gasteiger partial charge in [-0.15, -0.1) is 0 Å². The number of carbonyl (C=O) groups excluding carboxylic acids is 1. The van der Waals surface area contributed by atoms with Crippen molar-refractivity contribution in [3.05, 3.63) is 0 Å². The van der Waals surface area contributed by atoms with E-state index >= 15 is 0 Å². The molecule has 12 heavy (non-hydrogen) atoms. The Labute approximate surface area is 67.7 Å². The molecule has 0 aromatic carbocycles. The van der Waals surface area contributed by atoms with E-state index in [2.05, 4.69) is 4.74 Å². The van der Waals surface area contributed by atoms with E-state index in [0.717, 1.165) is 14.0 Å². The highest BCUT2D eigenvalue weighted by Gasteiger charge is 2.49. The first-order chi connectivity index (χ1) is 5.20. The van der Waals surface area contributed by atoms with Crippen molar-refractivity contribution in [3.8, 4) is 0 Å². The molecule has 2 N–H and O–H groups in total. The van der Waals surface area contributed by atoms with Gasteiger partial charge in [0, 0.05) is 0 Å². The van der Waals surface area contributed by atoms with Crippen molar-refractivity contribution in [1.82, 2.24) is 0 Å². The Hall–Kier alpha value is -0.780. The third kappa shape index (κ3) is 2.69. The lowest BCUT2D eigenvalue weighted by Gasteiger charge is -2.25. The van der Waals surface area contributed by atoms with Crippen LogP contribution in [-0.2, 0) is 9.53 Å². The third-order valence-corrected chi connectivity index (χ3v) is 1.39. The van der Waals surface area contributed by atoms with E-state index < -0.39 is 24.1 Å². The standard InChI is InChI=1S/C6H10F3NO2/c1-5(10,6(7,8)9)3-4(11)12-2/h3,10H2,1-2H3/t5-/m0/s1. The fraction of sp³-hybridized carbons (Fsp3) is 0.833. The molecule has 0 saturated heterocycles. The lowest BCUT2D eigenvalue weighted by atomic mass is 9.99. The fourth-order valence-corrected chi connectivity index (χ4v) is 0.472. The van der Waals surface area contributed by atoms with Crippen LogP contribution in [0.3, 0.4) is 0 Å². The number of nitrogens with two attached hydrogens (primary N) is 1. The van der Waals surface area contributed by atoms with E-state index in [0.29, 0.717) is 0 Å². The van der Waals surface area contributed by atoms with E-state index in [1.165, 1.54) is 0 Å². The predicted octanol–water partition coefficient (Wildman–Crippen LogP) is 0.829. The van der Waals surface area contributed by atoms with Crippen LogP contribution in [0.2, 0.25) is 0 Å². The van der Waals surface area contributed by atoms with Crippen molar-refractivity contribution in [2.45, 2.75) is 25.1 Å². The number of ether oxygens (including phenoxy) is 1. The molecule has 72 valence electrons. The Balaban J connectivity index is 4.33. The van der Waals surface area contributed by atoms with Gasteiger partial charge in [-0.1, -0.05) is 0 Å². The number of alkyl halides is 3. The summed E-state index contributed by atoms with van der Waals surface area (Å²) < 4.78 is 40.1. The number of halogens is 3. The van der Waals surface area contributed by atoms with Crippen molar-refractivity contribution >= 4 is 5.97 Å². The van der Waals surface area contributed by atoms with E-state index in [-0.39, 0.29) is 0 Å². The molecule has 0 aromatic rings. The van der Waals surface area contributed by atoms with Gasteiger partial charge >= 0.3 is 12.1 Å². The summed E-state index contributed by atoms with van der Waals surface area (Å²) in [6.45, 7) is 0.740. The molecule has 0 radical (unpaired) electrons. The molecular formula is C6H10F3NO2. The maximum absolute atomic E-state index is 12.0. The van der Waals surface area contributed by atoms with Gasteiger partial charge < -0.3 is 10.5 Å². The molecule has 0 aliphatic heterocycles. The van der Waals surface area contributed by atoms with Gasteiger partial charge in [-0.05, 0) is 6.92 Å². The molecule has 0 rings (SSSR count). The number of carbonyl (C=O) groups is 1. The number of esters is 1. The lowest BCUT2D eigenvalue weighted by Crippen LogP contribution is -2.52. The van der Waals surface area contributed by atoms with E-state index in [4.69, 9.17) is 5.73 Å². The molecule has 0 saturated carbocycles. The van der Waals surface area contributed by atoms with E-state index in [9.17, 15) is 18.0 Å². The van der Waals surface area contributed by atoms with Gasteiger partial charge in [-0.3, -0.25) is 4.79 Å². The van der Waals surface area contributed by atoms with Crippen LogP contribution in [-0.4, -0.2) is 24.8 Å². The van der Waals surface area contributed by atoms with Gasteiger partial charge in [-0.25, -0.2) is 0 Å². The Morgan fingerprint density at radius 2 is 1.92 bits per heavy atom. The third-order valence-electron chi connectivity index (χ3n) is 1.39. The smallest absolute Gasteiger partial charge is 0.406 e. The second-order valence-electron chi connectivity index (χ2n) is 2.67. The van der Waals surface area contributed by atoms with Gasteiger partial charge in [0.1, 0.15) is 5.54 Å². The highest BCUT2D eigenvalue weighted by atomic mass is 19.4. The first-order valence-corrected chi connectivity index (χ1v) is 3.13. The van der Waals surface area contributed by atoms with E-state index in [1.54, 1.807) is 0 Å². The molecule has 1 atom stereocenters. The van der Waals surface area contributed by atoms with Crippen LogP contribution >= 0.6 is 0 Å². The number of hydrogen-bond donors (Lipinski definition) is 1. The van der Waals surface area contributed by atoms with Crippen LogP contribution in [0.25, 0.3) is 0 Å². The summed E-state index contributed by atoms with van der Waals surface area (Å²) in [5.41, 5.74) is 2.33. The average molecular weight is 185 g/mol. The van der Waals surface area contributed by atoms with Crippen molar-refractivity contribution in [2.75, 3.05) is 7.11 Å². The van der Waals surface area contributed by atoms with Gasteiger partial charge in [-0.2, -0.15) is 13.2 Å². The van der Waals surface area contributed by atoms with Crippen LogP contribution in [0, 0.1) is 0 Å². The van der Waals surface area contributed by atoms with Gasteiger partial charge in [0.15, 0.2) is 0 Å². The summed E-state index contributed by atoms with van der Waals surface area (Å²) >= 11 is 0. The van der Waals surface area contributed by atoms with Crippen molar-refractivity contribution < 1.29 is 22.7 Å². The molecule has 0 amide bonds. The zero-order chi connectivity index (χ0) is 9.99. The summed E-state index contributed by atoms with van der Waals surface area (Å²) in [5, 5.41) is 0. The van der Waals surface area contributed by atoms with Crippen LogP contribution in [0.1, 0.15) is 13.3 Å². The van der Waals surface area contributed by atoms with Crippen molar-refractivity contribution in [3.63, 3.8) is 0 Å².